The van der Waals surface area contributed by atoms with E-state index in [2.05, 4.69) is 5.32 Å². The van der Waals surface area contributed by atoms with Crippen LogP contribution in [0.2, 0.25) is 0 Å². The van der Waals surface area contributed by atoms with Crippen LogP contribution in [0.15, 0.2) is 0 Å². The summed E-state index contributed by atoms with van der Waals surface area (Å²) in [6, 6.07) is 0. The van der Waals surface area contributed by atoms with Crippen LogP contribution in [0, 0.1) is 41.4 Å². The number of piperidine rings is 1. The maximum Gasteiger partial charge on any atom is 0.187 e. The molecule has 13 nitrogen and oxygen atoms in total. The van der Waals surface area contributed by atoms with E-state index in [1.807, 2.05) is 19.3 Å². The van der Waals surface area contributed by atoms with Gasteiger partial charge in [0.25, 0.3) is 0 Å². The van der Waals surface area contributed by atoms with Crippen molar-refractivity contribution < 1.29 is 60.0 Å². The Kier molecular flexibility index (Phi) is 10.9. The maximum absolute atomic E-state index is 14.2. The van der Waals surface area contributed by atoms with Crippen molar-refractivity contribution in [3.8, 4) is 0 Å². The standard InChI is InChI=1S/C31H53N3O10/c1-14-8-17-24(26(37)19(14)12-33-2)27(38)23-18(25(17)36)10-16(42-3)11-20(23)43-30-28(39)29(40)31(41,21(13-35)44-30)6-4-15-5-7-34-22(32)9-15/h14-24,26,28-30,33-35,37,39-41H,4-13,32H2,1-3H3/p+2. The molecular formula is C31H55N3O10+2. The van der Waals surface area contributed by atoms with Crippen LogP contribution in [0.3, 0.4) is 0 Å². The van der Waals surface area contributed by atoms with Gasteiger partial charge in [0.1, 0.15) is 41.6 Å². The smallest absolute Gasteiger partial charge is 0.187 e. The van der Waals surface area contributed by atoms with Crippen LogP contribution < -0.4 is 16.4 Å². The first-order valence-corrected chi connectivity index (χ1v) is 16.6. The summed E-state index contributed by atoms with van der Waals surface area (Å²) >= 11 is 0. The SMILES string of the molecule is C[NH2+]CC1C(C)CC2C(=O)C3CC(OC)CC(OC4OC(CO)C(O)(CCC5CC[NH2+]C(N)C5)C(O)C4O)C3C(=O)C2C1O. The Morgan fingerprint density at radius 1 is 1.07 bits per heavy atom. The number of fused-ring (bicyclic) bond motifs is 2. The Labute approximate surface area is 259 Å². The predicted molar refractivity (Wildman–Crippen MR) is 154 cm³/mol. The molecule has 2 aliphatic heterocycles. The molecule has 0 radical (unpaired) electrons. The Bertz CT molecular complexity index is 1020. The van der Waals surface area contributed by atoms with Gasteiger partial charge in [-0.15, -0.1) is 0 Å². The van der Waals surface area contributed by atoms with Crippen molar-refractivity contribution in [2.45, 2.75) is 107 Å². The highest BCUT2D eigenvalue weighted by Gasteiger charge is 2.61. The van der Waals surface area contributed by atoms with Crippen LogP contribution in [0.5, 0.6) is 0 Å². The molecule has 44 heavy (non-hydrogen) atoms. The summed E-state index contributed by atoms with van der Waals surface area (Å²) in [7, 11) is 3.45. The first-order chi connectivity index (χ1) is 20.9. The molecule has 16 unspecified atom stereocenters. The van der Waals surface area contributed by atoms with E-state index in [0.29, 0.717) is 25.8 Å². The van der Waals surface area contributed by atoms with Crippen LogP contribution >= 0.6 is 0 Å². The van der Waals surface area contributed by atoms with Gasteiger partial charge in [0, 0.05) is 37.7 Å². The summed E-state index contributed by atoms with van der Waals surface area (Å²) in [5.74, 6) is -3.05. The summed E-state index contributed by atoms with van der Waals surface area (Å²) < 4.78 is 17.9. The van der Waals surface area contributed by atoms with E-state index >= 15 is 0 Å². The fourth-order valence-electron chi connectivity index (χ4n) is 9.19. The summed E-state index contributed by atoms with van der Waals surface area (Å²) in [5.41, 5.74) is 4.14. The molecule has 0 aromatic carbocycles. The summed E-state index contributed by atoms with van der Waals surface area (Å²) in [4.78, 5) is 28.1. The molecule has 0 spiro atoms. The van der Waals surface area contributed by atoms with Gasteiger partial charge in [-0.05, 0) is 43.9 Å². The molecule has 0 aromatic heterocycles. The van der Waals surface area contributed by atoms with Crippen LogP contribution in [0.4, 0.5) is 0 Å². The van der Waals surface area contributed by atoms with Gasteiger partial charge in [0.05, 0.1) is 56.9 Å². The minimum Gasteiger partial charge on any atom is -0.394 e. The molecule has 16 atom stereocenters. The molecule has 5 fully saturated rings. The van der Waals surface area contributed by atoms with Crippen LogP contribution in [0.25, 0.3) is 0 Å². The van der Waals surface area contributed by atoms with Gasteiger partial charge in [-0.2, -0.15) is 0 Å². The number of hydrogen-bond acceptors (Lipinski definition) is 11. The number of ketones is 2. The van der Waals surface area contributed by atoms with E-state index in [4.69, 9.17) is 19.9 Å². The molecule has 252 valence electrons. The minimum absolute atomic E-state index is 0.0261. The highest BCUT2D eigenvalue weighted by atomic mass is 16.7. The number of ether oxygens (including phenoxy) is 3. The monoisotopic (exact) mass is 629 g/mol. The lowest BCUT2D eigenvalue weighted by Gasteiger charge is -2.53. The molecule has 5 aliphatic rings. The highest BCUT2D eigenvalue weighted by molar-refractivity contribution is 6.00. The second-order valence-electron chi connectivity index (χ2n) is 14.3. The van der Waals surface area contributed by atoms with Gasteiger partial charge in [-0.25, -0.2) is 0 Å². The molecule has 3 saturated carbocycles. The Balaban J connectivity index is 1.34. The number of carbonyl (C=O) groups is 2. The molecule has 2 saturated heterocycles. The third-order valence-corrected chi connectivity index (χ3v) is 11.7. The van der Waals surface area contributed by atoms with E-state index in [1.54, 1.807) is 0 Å². The lowest BCUT2D eigenvalue weighted by atomic mass is 9.53. The zero-order chi connectivity index (χ0) is 31.9. The topological polar surface area (TPSA) is 222 Å². The molecule has 2 heterocycles. The number of methoxy groups -OCH3 is 1. The maximum atomic E-state index is 14.2. The van der Waals surface area contributed by atoms with E-state index in [-0.39, 0.29) is 48.3 Å². The van der Waals surface area contributed by atoms with Crippen molar-refractivity contribution in [2.75, 3.05) is 33.9 Å². The van der Waals surface area contributed by atoms with Gasteiger partial charge >= 0.3 is 0 Å². The Hall–Kier alpha value is -1.10. The van der Waals surface area contributed by atoms with Crippen molar-refractivity contribution in [3.63, 3.8) is 0 Å². The Morgan fingerprint density at radius 2 is 1.80 bits per heavy atom. The van der Waals surface area contributed by atoms with Crippen molar-refractivity contribution >= 4 is 11.6 Å². The normalized spacial score (nSPS) is 49.8. The van der Waals surface area contributed by atoms with E-state index in [9.17, 15) is 35.1 Å². The molecular weight excluding hydrogens is 574 g/mol. The first-order valence-electron chi connectivity index (χ1n) is 16.6. The molecule has 3 aliphatic carbocycles. The third kappa shape index (κ3) is 6.27. The Morgan fingerprint density at radius 3 is 2.45 bits per heavy atom. The lowest BCUT2D eigenvalue weighted by molar-refractivity contribution is -0.699. The van der Waals surface area contributed by atoms with Crippen LogP contribution in [-0.2, 0) is 23.8 Å². The van der Waals surface area contributed by atoms with Crippen molar-refractivity contribution in [3.05, 3.63) is 0 Å². The van der Waals surface area contributed by atoms with E-state index < -0.39 is 78.8 Å². The fourth-order valence-corrected chi connectivity index (χ4v) is 9.19. The number of aliphatic hydroxyl groups is 5. The molecule has 11 N–H and O–H groups in total. The zero-order valence-electron chi connectivity index (χ0n) is 26.2. The summed E-state index contributed by atoms with van der Waals surface area (Å²) in [6.45, 7) is 2.91. The van der Waals surface area contributed by atoms with Gasteiger partial charge in [0.2, 0.25) is 0 Å². The highest BCUT2D eigenvalue weighted by Crippen LogP contribution is 2.50. The van der Waals surface area contributed by atoms with E-state index in [0.717, 1.165) is 19.4 Å². The molecule has 0 aromatic rings. The number of nitrogens with two attached hydrogens (primary N) is 3. The van der Waals surface area contributed by atoms with E-state index in [1.165, 1.54) is 7.11 Å². The lowest BCUT2D eigenvalue weighted by Crippen LogP contribution is -2.94. The van der Waals surface area contributed by atoms with Crippen molar-refractivity contribution in [1.82, 2.24) is 0 Å². The number of quaternary nitrogens is 2. The predicted octanol–water partition coefficient (Wildman–Crippen LogP) is -3.78. The molecule has 0 amide bonds. The van der Waals surface area contributed by atoms with Gasteiger partial charge in [0.15, 0.2) is 6.29 Å². The van der Waals surface area contributed by atoms with Crippen molar-refractivity contribution in [2.24, 2.45) is 47.2 Å². The molecule has 5 rings (SSSR count). The molecule has 13 heteroatoms. The number of hydrogen-bond donors (Lipinski definition) is 8. The van der Waals surface area contributed by atoms with Crippen LogP contribution in [0.1, 0.15) is 51.9 Å². The van der Waals surface area contributed by atoms with Gasteiger partial charge in [-0.1, -0.05) is 6.92 Å². The number of Topliss-reactive ketones (excluding diaryl/α,β-unsaturated/α-hetero) is 2. The second-order valence-corrected chi connectivity index (χ2v) is 14.3. The van der Waals surface area contributed by atoms with Gasteiger partial charge in [-0.3, -0.25) is 15.3 Å². The second kappa shape index (κ2) is 13.9. The number of carbonyl (C=O) groups excluding carboxylic acids is 2. The average molecular weight is 630 g/mol. The minimum atomic E-state index is -1.93. The largest absolute Gasteiger partial charge is 0.394 e. The number of rotatable bonds is 9. The summed E-state index contributed by atoms with van der Waals surface area (Å²) in [5, 5.41) is 59.6. The summed E-state index contributed by atoms with van der Waals surface area (Å²) in [6.07, 6.45) is -4.97. The first kappa shape index (κ1) is 34.2. The van der Waals surface area contributed by atoms with Crippen LogP contribution in [-0.4, -0.2) is 126 Å². The number of aliphatic hydroxyl groups excluding tert-OH is 4. The fraction of sp³-hybridized carbons (Fsp3) is 0.935. The third-order valence-electron chi connectivity index (χ3n) is 11.7. The average Bonchev–Trinajstić information content (AvgIpc) is 3.00. The quantitative estimate of drug-likeness (QED) is 0.124. The van der Waals surface area contributed by atoms with Crippen molar-refractivity contribution in [1.29, 1.82) is 0 Å². The molecule has 0 bridgehead atoms. The van der Waals surface area contributed by atoms with Gasteiger partial charge < -0.3 is 50.4 Å². The zero-order valence-corrected chi connectivity index (χ0v) is 26.2.